The fraction of sp³-hybridized carbons (Fsp3) is 0. The van der Waals surface area contributed by atoms with Crippen molar-refractivity contribution < 1.29 is 8.83 Å². The second kappa shape index (κ2) is 8.44. The summed E-state index contributed by atoms with van der Waals surface area (Å²) in [5.41, 5.74) is 8.20. The van der Waals surface area contributed by atoms with Crippen molar-refractivity contribution in [3.05, 3.63) is 133 Å². The highest BCUT2D eigenvalue weighted by Gasteiger charge is 2.23. The molecule has 0 saturated carbocycles. The molecular weight excluding hydrogens is 440 g/mol. The molecule has 7 rings (SSSR count). The van der Waals surface area contributed by atoms with Gasteiger partial charge in [0.05, 0.1) is 0 Å². The Bertz CT molecular complexity index is 1660. The molecule has 0 aliphatic carbocycles. The van der Waals surface area contributed by atoms with Crippen LogP contribution in [0.25, 0.3) is 66.8 Å². The second-order valence-corrected chi connectivity index (χ2v) is 8.92. The predicted molar refractivity (Wildman–Crippen MR) is 148 cm³/mol. The fourth-order valence-electron chi connectivity index (χ4n) is 5.05. The van der Waals surface area contributed by atoms with Crippen LogP contribution in [0.2, 0.25) is 0 Å². The lowest BCUT2D eigenvalue weighted by Gasteiger charge is -2.04. The summed E-state index contributed by atoms with van der Waals surface area (Å²) < 4.78 is 13.2. The van der Waals surface area contributed by atoms with E-state index in [1.54, 1.807) is 0 Å². The van der Waals surface area contributed by atoms with Crippen molar-refractivity contribution in [3.8, 4) is 44.9 Å². The average Bonchev–Trinajstić information content (AvgIpc) is 3.52. The van der Waals surface area contributed by atoms with Crippen LogP contribution in [0.4, 0.5) is 0 Å². The van der Waals surface area contributed by atoms with Crippen molar-refractivity contribution >= 4 is 21.9 Å². The maximum absolute atomic E-state index is 6.61. The number of rotatable bonds is 4. The van der Waals surface area contributed by atoms with Crippen molar-refractivity contribution in [2.75, 3.05) is 0 Å². The number of fused-ring (bicyclic) bond motifs is 2. The van der Waals surface area contributed by atoms with E-state index in [9.17, 15) is 0 Å². The molecule has 0 radical (unpaired) electrons. The van der Waals surface area contributed by atoms with Crippen LogP contribution in [0.15, 0.2) is 142 Å². The quantitative estimate of drug-likeness (QED) is 0.260. The van der Waals surface area contributed by atoms with Gasteiger partial charge in [-0.2, -0.15) is 0 Å². The largest absolute Gasteiger partial charge is 0.455 e. The fourth-order valence-corrected chi connectivity index (χ4v) is 5.05. The summed E-state index contributed by atoms with van der Waals surface area (Å²) >= 11 is 0. The van der Waals surface area contributed by atoms with Gasteiger partial charge in [0.15, 0.2) is 0 Å². The first-order chi connectivity index (χ1) is 17.9. The first-order valence-electron chi connectivity index (χ1n) is 12.1. The lowest BCUT2D eigenvalue weighted by molar-refractivity contribution is 0.628. The van der Waals surface area contributed by atoms with Gasteiger partial charge in [-0.25, -0.2) is 0 Å². The smallest absolute Gasteiger partial charge is 0.143 e. The van der Waals surface area contributed by atoms with E-state index in [-0.39, 0.29) is 0 Å². The van der Waals surface area contributed by atoms with E-state index in [4.69, 9.17) is 8.83 Å². The molecule has 0 aliphatic rings. The molecule has 7 aromatic rings. The Morgan fingerprint density at radius 2 is 0.639 bits per heavy atom. The van der Waals surface area contributed by atoms with Crippen molar-refractivity contribution in [2.45, 2.75) is 0 Å². The minimum atomic E-state index is 0.845. The highest BCUT2D eigenvalue weighted by molar-refractivity contribution is 6.11. The Morgan fingerprint density at radius 3 is 0.972 bits per heavy atom. The molecule has 5 aromatic carbocycles. The Labute approximate surface area is 209 Å². The number of hydrogen-bond acceptors (Lipinski definition) is 2. The van der Waals surface area contributed by atoms with Crippen LogP contribution in [0.3, 0.4) is 0 Å². The third kappa shape index (κ3) is 3.35. The molecule has 0 fully saturated rings. The summed E-state index contributed by atoms with van der Waals surface area (Å²) in [6, 6.07) is 45.8. The predicted octanol–water partition coefficient (Wildman–Crippen LogP) is 9.85. The first-order valence-corrected chi connectivity index (χ1v) is 12.1. The van der Waals surface area contributed by atoms with Crippen LogP contribution < -0.4 is 0 Å². The average molecular weight is 463 g/mol. The summed E-state index contributed by atoms with van der Waals surface area (Å²) in [6.07, 6.45) is 0. The van der Waals surface area contributed by atoms with Crippen molar-refractivity contribution in [3.63, 3.8) is 0 Å². The van der Waals surface area contributed by atoms with Crippen molar-refractivity contribution in [1.82, 2.24) is 0 Å². The van der Waals surface area contributed by atoms with Crippen LogP contribution in [-0.2, 0) is 0 Å². The highest BCUT2D eigenvalue weighted by Crippen LogP contribution is 2.46. The Kier molecular flexibility index (Phi) is 4.82. The summed E-state index contributed by atoms with van der Waals surface area (Å²) in [7, 11) is 0. The van der Waals surface area contributed by atoms with Gasteiger partial charge < -0.3 is 8.83 Å². The molecule has 0 unspecified atom stereocenters. The third-order valence-electron chi connectivity index (χ3n) is 6.70. The standard InChI is InChI=1S/C34H22O2/c1-5-13-23(14-6-1)31-27-21-30-28(22-29(27)35-33(31)25-17-9-3-10-18-25)32(24-15-7-2-8-16-24)34(36-30)26-19-11-4-12-20-26/h1-22H. The zero-order valence-corrected chi connectivity index (χ0v) is 19.5. The van der Waals surface area contributed by atoms with E-state index in [0.29, 0.717) is 0 Å². The van der Waals surface area contributed by atoms with Gasteiger partial charge >= 0.3 is 0 Å². The minimum Gasteiger partial charge on any atom is -0.455 e. The van der Waals surface area contributed by atoms with Crippen LogP contribution in [-0.4, -0.2) is 0 Å². The zero-order chi connectivity index (χ0) is 23.9. The normalized spacial score (nSPS) is 11.3. The Balaban J connectivity index is 1.57. The highest BCUT2D eigenvalue weighted by atomic mass is 16.3. The third-order valence-corrected chi connectivity index (χ3v) is 6.70. The molecule has 2 nitrogen and oxygen atoms in total. The van der Waals surface area contributed by atoms with E-state index in [1.807, 2.05) is 48.5 Å². The lowest BCUT2D eigenvalue weighted by Crippen LogP contribution is -1.81. The molecule has 2 aromatic heterocycles. The molecule has 0 spiro atoms. The van der Waals surface area contributed by atoms with Crippen molar-refractivity contribution in [1.29, 1.82) is 0 Å². The van der Waals surface area contributed by atoms with Gasteiger partial charge in [-0.05, 0) is 23.3 Å². The van der Waals surface area contributed by atoms with Crippen LogP contribution >= 0.6 is 0 Å². The topological polar surface area (TPSA) is 26.3 Å². The molecule has 0 bridgehead atoms. The summed E-state index contributed by atoms with van der Waals surface area (Å²) in [5, 5.41) is 2.08. The van der Waals surface area contributed by atoms with E-state index < -0.39 is 0 Å². The first kappa shape index (κ1) is 20.5. The monoisotopic (exact) mass is 462 g/mol. The number of furan rings is 2. The van der Waals surface area contributed by atoms with E-state index in [1.165, 1.54) is 0 Å². The van der Waals surface area contributed by atoms with Gasteiger partial charge in [0, 0.05) is 33.0 Å². The molecule has 0 saturated heterocycles. The molecule has 2 heteroatoms. The summed E-state index contributed by atoms with van der Waals surface area (Å²) in [4.78, 5) is 0. The van der Waals surface area contributed by atoms with Crippen LogP contribution in [0, 0.1) is 0 Å². The Morgan fingerprint density at radius 1 is 0.333 bits per heavy atom. The summed E-state index contributed by atoms with van der Waals surface area (Å²) in [6.45, 7) is 0. The molecule has 0 atom stereocenters. The van der Waals surface area contributed by atoms with E-state index in [0.717, 1.165) is 66.8 Å². The number of hydrogen-bond donors (Lipinski definition) is 0. The van der Waals surface area contributed by atoms with Crippen molar-refractivity contribution in [2.24, 2.45) is 0 Å². The second-order valence-electron chi connectivity index (χ2n) is 8.92. The molecule has 0 N–H and O–H groups in total. The SMILES string of the molecule is c1ccc(-c2oc3cc4c(-c5ccccc5)c(-c5ccccc5)oc4cc3c2-c2ccccc2)cc1. The molecule has 0 aliphatic heterocycles. The zero-order valence-electron chi connectivity index (χ0n) is 19.5. The van der Waals surface area contributed by atoms with Crippen LogP contribution in [0.5, 0.6) is 0 Å². The van der Waals surface area contributed by atoms with Gasteiger partial charge in [-0.3, -0.25) is 0 Å². The van der Waals surface area contributed by atoms with Gasteiger partial charge in [-0.15, -0.1) is 0 Å². The molecule has 36 heavy (non-hydrogen) atoms. The van der Waals surface area contributed by atoms with E-state index >= 15 is 0 Å². The van der Waals surface area contributed by atoms with Gasteiger partial charge in [-0.1, -0.05) is 121 Å². The molecular formula is C34H22O2. The lowest BCUT2D eigenvalue weighted by atomic mass is 9.96. The van der Waals surface area contributed by atoms with Gasteiger partial charge in [0.1, 0.15) is 22.7 Å². The van der Waals surface area contributed by atoms with Crippen LogP contribution in [0.1, 0.15) is 0 Å². The molecule has 2 heterocycles. The Hall–Kier alpha value is -4.82. The maximum atomic E-state index is 6.61. The van der Waals surface area contributed by atoms with Gasteiger partial charge in [0.25, 0.3) is 0 Å². The molecule has 170 valence electrons. The summed E-state index contributed by atoms with van der Waals surface area (Å²) in [5.74, 6) is 1.74. The van der Waals surface area contributed by atoms with E-state index in [2.05, 4.69) is 84.9 Å². The minimum absolute atomic E-state index is 0.845. The maximum Gasteiger partial charge on any atom is 0.143 e. The number of benzene rings is 5. The van der Waals surface area contributed by atoms with Gasteiger partial charge in [0.2, 0.25) is 0 Å². The molecule has 0 amide bonds.